The Kier molecular flexibility index (Phi) is 5.17. The number of rotatable bonds is 5. The van der Waals surface area contributed by atoms with Crippen molar-refractivity contribution in [2.75, 3.05) is 19.6 Å². The fourth-order valence-electron chi connectivity index (χ4n) is 3.56. The number of hydrogen-bond acceptors (Lipinski definition) is 3. The number of pyridine rings is 1. The smallest absolute Gasteiger partial charge is 0.0488 e. The van der Waals surface area contributed by atoms with E-state index < -0.39 is 0 Å². The van der Waals surface area contributed by atoms with Crippen molar-refractivity contribution in [3.8, 4) is 0 Å². The number of piperidine rings is 1. The first-order chi connectivity index (χ1) is 9.65. The topological polar surface area (TPSA) is 42.1 Å². The second kappa shape index (κ2) is 6.68. The van der Waals surface area contributed by atoms with Gasteiger partial charge in [0.15, 0.2) is 0 Å². The van der Waals surface area contributed by atoms with Crippen LogP contribution in [-0.4, -0.2) is 29.5 Å². The van der Waals surface area contributed by atoms with Crippen molar-refractivity contribution in [1.29, 1.82) is 0 Å². The lowest BCUT2D eigenvalue weighted by atomic mass is 9.74. The molecule has 0 radical (unpaired) electrons. The Morgan fingerprint density at radius 2 is 1.95 bits per heavy atom. The van der Waals surface area contributed by atoms with Gasteiger partial charge in [-0.2, -0.15) is 0 Å². The first-order valence-corrected chi connectivity index (χ1v) is 8.00. The van der Waals surface area contributed by atoms with Crippen LogP contribution in [0, 0.1) is 12.3 Å². The molecule has 1 saturated heterocycles. The summed E-state index contributed by atoms with van der Waals surface area (Å²) in [5, 5.41) is 0. The summed E-state index contributed by atoms with van der Waals surface area (Å²) in [5.74, 6) is 0. The third kappa shape index (κ3) is 3.04. The van der Waals surface area contributed by atoms with Crippen molar-refractivity contribution in [3.63, 3.8) is 0 Å². The number of nitrogens with zero attached hydrogens (tertiary/aromatic N) is 2. The van der Waals surface area contributed by atoms with E-state index in [2.05, 4.69) is 36.7 Å². The van der Waals surface area contributed by atoms with Crippen LogP contribution < -0.4 is 5.73 Å². The molecule has 0 aliphatic carbocycles. The highest BCUT2D eigenvalue weighted by Gasteiger charge is 2.33. The average molecular weight is 275 g/mol. The van der Waals surface area contributed by atoms with Crippen LogP contribution in [0.5, 0.6) is 0 Å². The van der Waals surface area contributed by atoms with Gasteiger partial charge in [-0.25, -0.2) is 0 Å². The third-order valence-corrected chi connectivity index (χ3v) is 5.46. The second-order valence-corrected chi connectivity index (χ2v) is 6.23. The van der Waals surface area contributed by atoms with Gasteiger partial charge < -0.3 is 5.73 Å². The normalized spacial score (nSPS) is 20.8. The highest BCUT2D eigenvalue weighted by Crippen LogP contribution is 2.40. The van der Waals surface area contributed by atoms with Crippen LogP contribution in [0.2, 0.25) is 0 Å². The van der Waals surface area contributed by atoms with E-state index in [1.54, 1.807) is 0 Å². The average Bonchev–Trinajstić information content (AvgIpc) is 2.51. The zero-order chi connectivity index (χ0) is 14.6. The summed E-state index contributed by atoms with van der Waals surface area (Å²) in [5.41, 5.74) is 9.24. The molecule has 1 aromatic rings. The summed E-state index contributed by atoms with van der Waals surface area (Å²) in [7, 11) is 0. The quantitative estimate of drug-likeness (QED) is 0.896. The first-order valence-electron chi connectivity index (χ1n) is 8.00. The molecule has 1 atom stereocenters. The van der Waals surface area contributed by atoms with E-state index in [4.69, 9.17) is 5.73 Å². The van der Waals surface area contributed by atoms with E-state index in [1.165, 1.54) is 36.8 Å². The largest absolute Gasteiger partial charge is 0.329 e. The molecule has 2 rings (SSSR count). The van der Waals surface area contributed by atoms with Crippen LogP contribution >= 0.6 is 0 Å². The predicted octanol–water partition coefficient (Wildman–Crippen LogP) is 3.29. The predicted molar refractivity (Wildman–Crippen MR) is 84.6 cm³/mol. The molecule has 1 aromatic heterocycles. The summed E-state index contributed by atoms with van der Waals surface area (Å²) >= 11 is 0. The Hall–Kier alpha value is -0.930. The summed E-state index contributed by atoms with van der Waals surface area (Å²) in [6.45, 7) is 9.84. The molecule has 1 aliphatic heterocycles. The van der Waals surface area contributed by atoms with Crippen LogP contribution in [0.3, 0.4) is 0 Å². The van der Waals surface area contributed by atoms with Gasteiger partial charge in [-0.05, 0) is 55.5 Å². The lowest BCUT2D eigenvalue weighted by Gasteiger charge is -2.44. The number of aryl methyl sites for hydroxylation is 1. The van der Waals surface area contributed by atoms with Gasteiger partial charge >= 0.3 is 0 Å². The molecule has 2 heterocycles. The van der Waals surface area contributed by atoms with Gasteiger partial charge in [0.05, 0.1) is 0 Å². The van der Waals surface area contributed by atoms with Gasteiger partial charge in [0.2, 0.25) is 0 Å². The van der Waals surface area contributed by atoms with Gasteiger partial charge in [-0.3, -0.25) is 9.88 Å². The Balaban J connectivity index is 2.10. The molecule has 2 N–H and O–H groups in total. The maximum atomic E-state index is 6.07. The molecule has 0 amide bonds. The maximum Gasteiger partial charge on any atom is 0.0488 e. The number of nitrogens with two attached hydrogens (primary N) is 1. The van der Waals surface area contributed by atoms with Gasteiger partial charge in [0.1, 0.15) is 0 Å². The van der Waals surface area contributed by atoms with Crippen molar-refractivity contribution in [2.45, 2.75) is 52.5 Å². The van der Waals surface area contributed by atoms with Crippen LogP contribution in [0.15, 0.2) is 18.5 Å². The van der Waals surface area contributed by atoms with E-state index in [0.717, 1.165) is 13.1 Å². The molecule has 20 heavy (non-hydrogen) atoms. The molecule has 1 aliphatic rings. The Bertz CT molecular complexity index is 416. The Labute approximate surface area is 123 Å². The van der Waals surface area contributed by atoms with Gasteiger partial charge in [0.25, 0.3) is 0 Å². The summed E-state index contributed by atoms with van der Waals surface area (Å²) < 4.78 is 0. The Morgan fingerprint density at radius 3 is 2.45 bits per heavy atom. The lowest BCUT2D eigenvalue weighted by Crippen LogP contribution is -2.43. The lowest BCUT2D eigenvalue weighted by molar-refractivity contribution is 0.0677. The molecule has 1 fully saturated rings. The number of hydrogen-bond donors (Lipinski definition) is 1. The van der Waals surface area contributed by atoms with Crippen LogP contribution in [-0.2, 0) is 0 Å². The Morgan fingerprint density at radius 1 is 1.30 bits per heavy atom. The zero-order valence-electron chi connectivity index (χ0n) is 13.2. The fraction of sp³-hybridized carbons (Fsp3) is 0.706. The van der Waals surface area contributed by atoms with E-state index in [9.17, 15) is 0 Å². The highest BCUT2D eigenvalue weighted by atomic mass is 15.2. The van der Waals surface area contributed by atoms with Crippen molar-refractivity contribution >= 4 is 0 Å². The van der Waals surface area contributed by atoms with E-state index >= 15 is 0 Å². The summed E-state index contributed by atoms with van der Waals surface area (Å²) in [6, 6.07) is 2.42. The van der Waals surface area contributed by atoms with E-state index in [1.807, 2.05) is 12.4 Å². The SMILES string of the molecule is CCC1(CC)CCN(C(CN)c2cnccc2C)CC1. The first kappa shape index (κ1) is 15.5. The fourth-order valence-corrected chi connectivity index (χ4v) is 3.56. The minimum atomic E-state index is 0.329. The van der Waals surface area contributed by atoms with Crippen LogP contribution in [0.25, 0.3) is 0 Å². The molecule has 1 unspecified atom stereocenters. The van der Waals surface area contributed by atoms with E-state index in [-0.39, 0.29) is 0 Å². The molecule has 3 nitrogen and oxygen atoms in total. The molecule has 3 heteroatoms. The summed E-state index contributed by atoms with van der Waals surface area (Å²) in [4.78, 5) is 6.85. The molecular formula is C17H29N3. The highest BCUT2D eigenvalue weighted by molar-refractivity contribution is 5.25. The monoisotopic (exact) mass is 275 g/mol. The van der Waals surface area contributed by atoms with E-state index in [0.29, 0.717) is 18.0 Å². The van der Waals surface area contributed by atoms with Crippen LogP contribution in [0.1, 0.15) is 56.7 Å². The molecule has 112 valence electrons. The standard InChI is InChI=1S/C17H29N3/c1-4-17(5-2)7-10-20(11-8-17)16(12-18)15-13-19-9-6-14(15)3/h6,9,13,16H,4-5,7-8,10-12,18H2,1-3H3. The van der Waals surface area contributed by atoms with Crippen molar-refractivity contribution < 1.29 is 0 Å². The minimum absolute atomic E-state index is 0.329. The van der Waals surface area contributed by atoms with Gasteiger partial charge in [-0.1, -0.05) is 26.7 Å². The maximum absolute atomic E-state index is 6.07. The van der Waals surface area contributed by atoms with Gasteiger partial charge in [-0.15, -0.1) is 0 Å². The zero-order valence-corrected chi connectivity index (χ0v) is 13.2. The molecule has 0 saturated carbocycles. The molecule has 0 spiro atoms. The molecular weight excluding hydrogens is 246 g/mol. The van der Waals surface area contributed by atoms with Crippen molar-refractivity contribution in [2.24, 2.45) is 11.1 Å². The number of likely N-dealkylation sites (tertiary alicyclic amines) is 1. The van der Waals surface area contributed by atoms with Crippen molar-refractivity contribution in [3.05, 3.63) is 29.6 Å². The molecule has 0 aromatic carbocycles. The van der Waals surface area contributed by atoms with Crippen molar-refractivity contribution in [1.82, 2.24) is 9.88 Å². The van der Waals surface area contributed by atoms with Gasteiger partial charge in [0, 0.05) is 25.0 Å². The number of aromatic nitrogens is 1. The third-order valence-electron chi connectivity index (χ3n) is 5.46. The minimum Gasteiger partial charge on any atom is -0.329 e. The second-order valence-electron chi connectivity index (χ2n) is 6.23. The molecule has 0 bridgehead atoms. The van der Waals surface area contributed by atoms with Crippen LogP contribution in [0.4, 0.5) is 0 Å². The summed E-state index contributed by atoms with van der Waals surface area (Å²) in [6.07, 6.45) is 9.06.